The molecule has 0 heterocycles. The predicted molar refractivity (Wildman–Crippen MR) is 61.2 cm³/mol. The number of hydrogen-bond acceptors (Lipinski definition) is 2. The molecule has 0 radical (unpaired) electrons. The highest BCUT2D eigenvalue weighted by Crippen LogP contribution is 2.31. The molecule has 2 nitrogen and oxygen atoms in total. The Morgan fingerprint density at radius 2 is 1.83 bits per heavy atom. The Balaban J connectivity index is 2.79. The summed E-state index contributed by atoms with van der Waals surface area (Å²) in [6.45, 7) is 0.516. The van der Waals surface area contributed by atoms with Crippen molar-refractivity contribution in [3.05, 3.63) is 35.1 Å². The fourth-order valence-electron chi connectivity index (χ4n) is 1.67. The summed E-state index contributed by atoms with van der Waals surface area (Å²) in [4.78, 5) is 0. The van der Waals surface area contributed by atoms with Gasteiger partial charge in [-0.2, -0.15) is 13.2 Å². The summed E-state index contributed by atoms with van der Waals surface area (Å²) in [6, 6.07) is 1.84. The van der Waals surface area contributed by atoms with E-state index in [9.17, 15) is 17.6 Å². The number of halogens is 4. The maximum Gasteiger partial charge on any atom is 0.416 e. The highest BCUT2D eigenvalue weighted by Gasteiger charge is 2.31. The highest BCUT2D eigenvalue weighted by molar-refractivity contribution is 5.28. The van der Waals surface area contributed by atoms with E-state index >= 15 is 0 Å². The fourth-order valence-corrected chi connectivity index (χ4v) is 1.67. The minimum absolute atomic E-state index is 0.111. The fraction of sp³-hybridized carbons (Fsp3) is 0.500. The monoisotopic (exact) mass is 264 g/mol. The van der Waals surface area contributed by atoms with Crippen LogP contribution in [0.2, 0.25) is 0 Å². The zero-order valence-corrected chi connectivity index (χ0v) is 9.80. The van der Waals surface area contributed by atoms with Crippen LogP contribution in [0.25, 0.3) is 0 Å². The van der Waals surface area contributed by atoms with Crippen molar-refractivity contribution in [1.82, 2.24) is 0 Å². The quantitative estimate of drug-likeness (QED) is 0.634. The Kier molecular flexibility index (Phi) is 5.10. The summed E-state index contributed by atoms with van der Waals surface area (Å²) in [7, 11) is 0. The summed E-state index contributed by atoms with van der Waals surface area (Å²) in [5, 5.41) is 0. The first-order chi connectivity index (χ1) is 8.36. The zero-order valence-electron chi connectivity index (χ0n) is 9.80. The second-order valence-electron chi connectivity index (χ2n) is 4.13. The molecule has 0 aromatic heterocycles. The average molecular weight is 264 g/mol. The molecule has 0 amide bonds. The molecular formula is C12H16F4N2. The lowest BCUT2D eigenvalue weighted by atomic mass is 10.00. The van der Waals surface area contributed by atoms with E-state index in [-0.39, 0.29) is 5.56 Å². The van der Waals surface area contributed by atoms with E-state index in [1.54, 1.807) is 0 Å². The number of unbranched alkanes of at least 4 members (excludes halogenated alkanes) is 1. The normalized spacial score (nSPS) is 13.7. The van der Waals surface area contributed by atoms with Crippen molar-refractivity contribution in [2.75, 3.05) is 6.54 Å². The Hall–Kier alpha value is -1.14. The number of alkyl halides is 3. The smallest absolute Gasteiger partial charge is 0.330 e. The van der Waals surface area contributed by atoms with E-state index in [2.05, 4.69) is 0 Å². The van der Waals surface area contributed by atoms with Crippen molar-refractivity contribution >= 4 is 0 Å². The Bertz CT molecular complexity index is 390. The molecule has 102 valence electrons. The number of nitrogens with two attached hydrogens (primary N) is 2. The van der Waals surface area contributed by atoms with Gasteiger partial charge in [0.05, 0.1) is 5.56 Å². The second-order valence-corrected chi connectivity index (χ2v) is 4.13. The van der Waals surface area contributed by atoms with Crippen molar-refractivity contribution in [2.24, 2.45) is 11.5 Å². The topological polar surface area (TPSA) is 52.0 Å². The van der Waals surface area contributed by atoms with Crippen LogP contribution in [-0.2, 0) is 6.18 Å². The summed E-state index contributed by atoms with van der Waals surface area (Å²) in [5.74, 6) is -0.912. The van der Waals surface area contributed by atoms with Gasteiger partial charge in [-0.3, -0.25) is 0 Å². The summed E-state index contributed by atoms with van der Waals surface area (Å²) in [5.41, 5.74) is 10.2. The van der Waals surface area contributed by atoms with Crippen LogP contribution >= 0.6 is 0 Å². The van der Waals surface area contributed by atoms with Crippen LogP contribution < -0.4 is 11.5 Å². The predicted octanol–water partition coefficient (Wildman–Crippen LogP) is 2.97. The lowest BCUT2D eigenvalue weighted by Crippen LogP contribution is -2.14. The van der Waals surface area contributed by atoms with E-state index in [4.69, 9.17) is 11.5 Å². The van der Waals surface area contributed by atoms with Gasteiger partial charge in [0, 0.05) is 11.6 Å². The van der Waals surface area contributed by atoms with Gasteiger partial charge >= 0.3 is 6.18 Å². The molecule has 0 aliphatic rings. The van der Waals surface area contributed by atoms with Crippen molar-refractivity contribution in [3.63, 3.8) is 0 Å². The Labute approximate surface area is 103 Å². The molecule has 0 aliphatic heterocycles. The van der Waals surface area contributed by atoms with Gasteiger partial charge in [-0.15, -0.1) is 0 Å². The van der Waals surface area contributed by atoms with Gasteiger partial charge in [0.15, 0.2) is 0 Å². The minimum atomic E-state index is -4.54. The van der Waals surface area contributed by atoms with Crippen molar-refractivity contribution in [2.45, 2.75) is 31.5 Å². The lowest BCUT2D eigenvalue weighted by molar-refractivity contribution is -0.137. The molecule has 18 heavy (non-hydrogen) atoms. The standard InChI is InChI=1S/C12H16F4N2/c13-10-7-8(12(14,15)16)4-5-9(10)11(18)3-1-2-6-17/h4-5,7,11H,1-3,6,17-18H2/t11-/m1/s1. The molecule has 1 aromatic rings. The van der Waals surface area contributed by atoms with Gasteiger partial charge in [0.2, 0.25) is 0 Å². The maximum absolute atomic E-state index is 13.5. The van der Waals surface area contributed by atoms with E-state index in [0.29, 0.717) is 19.0 Å². The first-order valence-electron chi connectivity index (χ1n) is 5.68. The summed E-state index contributed by atoms with van der Waals surface area (Å²) >= 11 is 0. The van der Waals surface area contributed by atoms with Crippen molar-refractivity contribution < 1.29 is 17.6 Å². The van der Waals surface area contributed by atoms with Crippen LogP contribution in [0.5, 0.6) is 0 Å². The minimum Gasteiger partial charge on any atom is -0.330 e. The largest absolute Gasteiger partial charge is 0.416 e. The number of rotatable bonds is 5. The van der Waals surface area contributed by atoms with E-state index < -0.39 is 23.6 Å². The Morgan fingerprint density at radius 1 is 1.17 bits per heavy atom. The third-order valence-corrected chi connectivity index (χ3v) is 2.70. The summed E-state index contributed by atoms with van der Waals surface area (Å²) in [6.07, 6.45) is -2.56. The maximum atomic E-state index is 13.5. The molecule has 1 atom stereocenters. The van der Waals surface area contributed by atoms with E-state index in [1.807, 2.05) is 0 Å². The van der Waals surface area contributed by atoms with Crippen molar-refractivity contribution in [3.8, 4) is 0 Å². The van der Waals surface area contributed by atoms with Crippen LogP contribution in [0.3, 0.4) is 0 Å². The van der Waals surface area contributed by atoms with Crippen molar-refractivity contribution in [1.29, 1.82) is 0 Å². The average Bonchev–Trinajstić information content (AvgIpc) is 2.27. The lowest BCUT2D eigenvalue weighted by Gasteiger charge is -2.14. The molecule has 0 aliphatic carbocycles. The molecule has 0 saturated carbocycles. The SMILES string of the molecule is NCCCC[C@@H](N)c1ccc(C(F)(F)F)cc1F. The van der Waals surface area contributed by atoms with Crippen LogP contribution in [0.15, 0.2) is 18.2 Å². The second kappa shape index (κ2) is 6.15. The molecule has 0 fully saturated rings. The van der Waals surface area contributed by atoms with Crippen LogP contribution in [0, 0.1) is 5.82 Å². The molecule has 0 unspecified atom stereocenters. The summed E-state index contributed by atoms with van der Waals surface area (Å²) < 4.78 is 50.5. The molecule has 0 saturated heterocycles. The van der Waals surface area contributed by atoms with Crippen LogP contribution in [0.1, 0.15) is 36.4 Å². The van der Waals surface area contributed by atoms with Crippen LogP contribution in [-0.4, -0.2) is 6.54 Å². The molecular weight excluding hydrogens is 248 g/mol. The number of hydrogen-bond donors (Lipinski definition) is 2. The van der Waals surface area contributed by atoms with E-state index in [1.165, 1.54) is 0 Å². The highest BCUT2D eigenvalue weighted by atomic mass is 19.4. The van der Waals surface area contributed by atoms with Gasteiger partial charge in [-0.1, -0.05) is 12.5 Å². The molecule has 0 bridgehead atoms. The van der Waals surface area contributed by atoms with Gasteiger partial charge in [-0.05, 0) is 31.5 Å². The Morgan fingerprint density at radius 3 is 2.33 bits per heavy atom. The third-order valence-electron chi connectivity index (χ3n) is 2.70. The molecule has 4 N–H and O–H groups in total. The molecule has 1 aromatic carbocycles. The van der Waals surface area contributed by atoms with Gasteiger partial charge < -0.3 is 11.5 Å². The van der Waals surface area contributed by atoms with E-state index in [0.717, 1.165) is 25.0 Å². The van der Waals surface area contributed by atoms with Gasteiger partial charge in [0.1, 0.15) is 5.82 Å². The molecule has 6 heteroatoms. The van der Waals surface area contributed by atoms with Gasteiger partial charge in [-0.25, -0.2) is 4.39 Å². The molecule has 1 rings (SSSR count). The van der Waals surface area contributed by atoms with Gasteiger partial charge in [0.25, 0.3) is 0 Å². The van der Waals surface area contributed by atoms with Crippen LogP contribution in [0.4, 0.5) is 17.6 Å². The third kappa shape index (κ3) is 3.96. The molecule has 0 spiro atoms. The first kappa shape index (κ1) is 14.9. The first-order valence-corrected chi connectivity index (χ1v) is 5.68. The number of benzene rings is 1. The zero-order chi connectivity index (χ0) is 13.8.